The van der Waals surface area contributed by atoms with E-state index in [4.69, 9.17) is 0 Å². The Kier molecular flexibility index (Phi) is 4.94. The zero-order chi connectivity index (χ0) is 10.4. The number of nitrogens with one attached hydrogen (secondary N) is 1. The monoisotopic (exact) mass is 199 g/mol. The molecule has 1 spiro atoms. The summed E-state index contributed by atoms with van der Waals surface area (Å²) < 4.78 is 0. The fraction of sp³-hybridized carbons (Fsp3) is 1.00. The van der Waals surface area contributed by atoms with Crippen molar-refractivity contribution in [2.75, 3.05) is 13.1 Å². The molecule has 1 heteroatoms. The van der Waals surface area contributed by atoms with Crippen LogP contribution < -0.4 is 5.32 Å². The minimum atomic E-state index is 0. The molecule has 0 aromatic rings. The molecule has 2 aliphatic rings. The van der Waals surface area contributed by atoms with Crippen molar-refractivity contribution in [1.29, 1.82) is 0 Å². The standard InChI is InChI=1S/C9H17N.C4H10.H2/c1-2-4-6-9(5-3-1)7-10-8-9;1-4(2)3;/h10H,1-8H2;4H,1-3H3;1H. The second-order valence-electron chi connectivity index (χ2n) is 5.75. The lowest BCUT2D eigenvalue weighted by molar-refractivity contribution is 0.142. The first kappa shape index (κ1) is 12.0. The first-order valence-electron chi connectivity index (χ1n) is 6.35. The van der Waals surface area contributed by atoms with Crippen LogP contribution in [-0.2, 0) is 0 Å². The maximum absolute atomic E-state index is 3.40. The predicted octanol–water partition coefficient (Wildman–Crippen LogP) is 3.84. The zero-order valence-corrected chi connectivity index (χ0v) is 10.2. The Balaban J connectivity index is 0.000000346. The van der Waals surface area contributed by atoms with Crippen LogP contribution in [0.2, 0.25) is 0 Å². The minimum absolute atomic E-state index is 0. The highest BCUT2D eigenvalue weighted by Gasteiger charge is 2.36. The van der Waals surface area contributed by atoms with Gasteiger partial charge in [-0.3, -0.25) is 0 Å². The Hall–Kier alpha value is -0.0400. The summed E-state index contributed by atoms with van der Waals surface area (Å²) in [6.45, 7) is 9.12. The zero-order valence-electron chi connectivity index (χ0n) is 10.2. The number of hydrogen-bond acceptors (Lipinski definition) is 1. The van der Waals surface area contributed by atoms with Crippen LogP contribution in [0.25, 0.3) is 0 Å². The highest BCUT2D eigenvalue weighted by Crippen LogP contribution is 2.37. The average molecular weight is 199 g/mol. The molecule has 0 aromatic heterocycles. The van der Waals surface area contributed by atoms with Crippen LogP contribution in [0.15, 0.2) is 0 Å². The molecule has 2 fully saturated rings. The van der Waals surface area contributed by atoms with Gasteiger partial charge < -0.3 is 5.32 Å². The van der Waals surface area contributed by atoms with Gasteiger partial charge in [0.1, 0.15) is 0 Å². The van der Waals surface area contributed by atoms with Crippen molar-refractivity contribution >= 4 is 0 Å². The Bertz CT molecular complexity index is 140. The van der Waals surface area contributed by atoms with E-state index in [2.05, 4.69) is 26.1 Å². The van der Waals surface area contributed by atoms with E-state index in [1.54, 1.807) is 0 Å². The van der Waals surface area contributed by atoms with Gasteiger partial charge in [-0.2, -0.15) is 0 Å². The molecule has 1 aliphatic carbocycles. The van der Waals surface area contributed by atoms with Gasteiger partial charge in [0, 0.05) is 14.5 Å². The Morgan fingerprint density at radius 1 is 0.929 bits per heavy atom. The quantitative estimate of drug-likeness (QED) is 0.625. The van der Waals surface area contributed by atoms with Gasteiger partial charge in [0.05, 0.1) is 0 Å². The van der Waals surface area contributed by atoms with Crippen molar-refractivity contribution in [2.24, 2.45) is 11.3 Å². The average Bonchev–Trinajstić information content (AvgIpc) is 2.25. The van der Waals surface area contributed by atoms with E-state index >= 15 is 0 Å². The first-order valence-corrected chi connectivity index (χ1v) is 6.35. The molecule has 1 heterocycles. The van der Waals surface area contributed by atoms with Crippen LogP contribution >= 0.6 is 0 Å². The maximum Gasteiger partial charge on any atom is 0.00202 e. The molecule has 0 bridgehead atoms. The van der Waals surface area contributed by atoms with Gasteiger partial charge in [0.15, 0.2) is 0 Å². The predicted molar refractivity (Wildman–Crippen MR) is 65.6 cm³/mol. The summed E-state index contributed by atoms with van der Waals surface area (Å²) in [7, 11) is 0. The van der Waals surface area contributed by atoms with E-state index in [9.17, 15) is 0 Å². The SMILES string of the molecule is C1CCCC2(CC1)CNC2.CC(C)C.[HH]. The smallest absolute Gasteiger partial charge is 0.00202 e. The molecule has 1 N–H and O–H groups in total. The summed E-state index contributed by atoms with van der Waals surface area (Å²) >= 11 is 0. The van der Waals surface area contributed by atoms with E-state index in [1.165, 1.54) is 51.6 Å². The lowest BCUT2D eigenvalue weighted by atomic mass is 9.75. The van der Waals surface area contributed by atoms with E-state index in [-0.39, 0.29) is 1.43 Å². The second kappa shape index (κ2) is 5.75. The van der Waals surface area contributed by atoms with Crippen LogP contribution in [0.5, 0.6) is 0 Å². The Morgan fingerprint density at radius 2 is 1.36 bits per heavy atom. The molecule has 1 aliphatic heterocycles. The molecular weight excluding hydrogens is 170 g/mol. The molecule has 1 nitrogen and oxygen atoms in total. The Morgan fingerprint density at radius 3 is 1.64 bits per heavy atom. The fourth-order valence-electron chi connectivity index (χ4n) is 2.31. The molecule has 0 radical (unpaired) electrons. The maximum atomic E-state index is 3.40. The highest BCUT2D eigenvalue weighted by molar-refractivity contribution is 4.92. The van der Waals surface area contributed by atoms with Gasteiger partial charge >= 0.3 is 0 Å². The molecular formula is C13H29N. The topological polar surface area (TPSA) is 12.0 Å². The van der Waals surface area contributed by atoms with Gasteiger partial charge in [-0.25, -0.2) is 0 Å². The van der Waals surface area contributed by atoms with E-state index < -0.39 is 0 Å². The summed E-state index contributed by atoms with van der Waals surface area (Å²) in [5.41, 5.74) is 0.774. The first-order chi connectivity index (χ1) is 6.65. The van der Waals surface area contributed by atoms with E-state index in [0.29, 0.717) is 0 Å². The van der Waals surface area contributed by atoms with Crippen molar-refractivity contribution in [1.82, 2.24) is 5.32 Å². The van der Waals surface area contributed by atoms with Crippen molar-refractivity contribution in [3.63, 3.8) is 0 Å². The van der Waals surface area contributed by atoms with Crippen LogP contribution in [-0.4, -0.2) is 13.1 Å². The lowest BCUT2D eigenvalue weighted by Crippen LogP contribution is -2.52. The molecule has 14 heavy (non-hydrogen) atoms. The van der Waals surface area contributed by atoms with Crippen molar-refractivity contribution in [3.05, 3.63) is 0 Å². The van der Waals surface area contributed by atoms with Gasteiger partial charge in [-0.05, 0) is 24.2 Å². The van der Waals surface area contributed by atoms with E-state index in [0.717, 1.165) is 11.3 Å². The molecule has 86 valence electrons. The summed E-state index contributed by atoms with van der Waals surface area (Å²) in [5, 5.41) is 3.40. The van der Waals surface area contributed by atoms with Crippen molar-refractivity contribution in [3.8, 4) is 0 Å². The van der Waals surface area contributed by atoms with Gasteiger partial charge in [-0.1, -0.05) is 46.5 Å². The lowest BCUT2D eigenvalue weighted by Gasteiger charge is -2.42. The summed E-state index contributed by atoms with van der Waals surface area (Å²) in [6, 6.07) is 0. The number of rotatable bonds is 0. The summed E-state index contributed by atoms with van der Waals surface area (Å²) in [4.78, 5) is 0. The van der Waals surface area contributed by atoms with Crippen LogP contribution in [0.4, 0.5) is 0 Å². The van der Waals surface area contributed by atoms with Gasteiger partial charge in [-0.15, -0.1) is 0 Å². The molecule has 1 saturated carbocycles. The molecule has 0 amide bonds. The number of hydrogen-bond donors (Lipinski definition) is 1. The van der Waals surface area contributed by atoms with E-state index in [1.807, 2.05) is 0 Å². The molecule has 2 rings (SSSR count). The van der Waals surface area contributed by atoms with Crippen LogP contribution in [0.3, 0.4) is 0 Å². The Labute approximate surface area is 91.1 Å². The van der Waals surface area contributed by atoms with Gasteiger partial charge in [0.2, 0.25) is 0 Å². The fourth-order valence-corrected chi connectivity index (χ4v) is 2.31. The van der Waals surface area contributed by atoms with Crippen LogP contribution in [0.1, 0.15) is 60.7 Å². The molecule has 0 atom stereocenters. The normalized spacial score (nSPS) is 24.9. The van der Waals surface area contributed by atoms with Crippen molar-refractivity contribution in [2.45, 2.75) is 59.3 Å². The molecule has 1 saturated heterocycles. The highest BCUT2D eigenvalue weighted by atomic mass is 15.0. The summed E-state index contributed by atoms with van der Waals surface area (Å²) in [5.74, 6) is 0.833. The van der Waals surface area contributed by atoms with Crippen LogP contribution in [0, 0.1) is 11.3 Å². The second-order valence-corrected chi connectivity index (χ2v) is 5.75. The minimum Gasteiger partial charge on any atom is -0.316 e. The largest absolute Gasteiger partial charge is 0.316 e. The molecule has 0 aromatic carbocycles. The van der Waals surface area contributed by atoms with Gasteiger partial charge in [0.25, 0.3) is 0 Å². The summed E-state index contributed by atoms with van der Waals surface area (Å²) in [6.07, 6.45) is 8.95. The molecule has 0 unspecified atom stereocenters. The third-order valence-corrected chi connectivity index (χ3v) is 3.16. The third-order valence-electron chi connectivity index (χ3n) is 3.16. The van der Waals surface area contributed by atoms with Crippen molar-refractivity contribution < 1.29 is 1.43 Å². The third kappa shape index (κ3) is 4.00.